The van der Waals surface area contributed by atoms with Crippen LogP contribution in [0.1, 0.15) is 5.69 Å². The molecule has 10 heteroatoms. The highest BCUT2D eigenvalue weighted by Crippen LogP contribution is 2.28. The Morgan fingerprint density at radius 3 is 2.47 bits per heavy atom. The first kappa shape index (κ1) is 18.5. The predicted molar refractivity (Wildman–Crippen MR) is 108 cm³/mol. The van der Waals surface area contributed by atoms with Crippen LogP contribution in [0.15, 0.2) is 61.3 Å². The largest absolute Gasteiger partial charge is 0.295 e. The molecule has 0 saturated carbocycles. The molecule has 1 saturated heterocycles. The molecule has 1 fully saturated rings. The normalized spacial score (nSPS) is 15.5. The molecule has 0 atom stereocenters. The van der Waals surface area contributed by atoms with Crippen molar-refractivity contribution < 1.29 is 4.39 Å². The molecule has 0 unspecified atom stereocenters. The molecule has 1 aromatic carbocycles. The minimum Gasteiger partial charge on any atom is -0.295 e. The van der Waals surface area contributed by atoms with E-state index in [4.69, 9.17) is 0 Å². The van der Waals surface area contributed by atoms with Gasteiger partial charge in [-0.15, -0.1) is 0 Å². The zero-order valence-corrected chi connectivity index (χ0v) is 16.2. The van der Waals surface area contributed by atoms with Gasteiger partial charge in [-0.2, -0.15) is 24.6 Å². The van der Waals surface area contributed by atoms with Crippen LogP contribution >= 0.6 is 0 Å². The van der Waals surface area contributed by atoms with Crippen molar-refractivity contribution in [3.8, 4) is 0 Å². The number of hydrazine groups is 1. The van der Waals surface area contributed by atoms with Crippen LogP contribution in [0.5, 0.6) is 0 Å². The fourth-order valence-electron chi connectivity index (χ4n) is 3.62. The first-order valence-electron chi connectivity index (χ1n) is 9.72. The van der Waals surface area contributed by atoms with Crippen LogP contribution < -0.4 is 5.01 Å². The maximum absolute atomic E-state index is 14.8. The number of anilines is 2. The second-order valence-corrected chi connectivity index (χ2v) is 6.96. The van der Waals surface area contributed by atoms with Crippen molar-refractivity contribution >= 4 is 17.4 Å². The molecule has 0 bridgehead atoms. The van der Waals surface area contributed by atoms with Gasteiger partial charge in [-0.1, -0.05) is 18.2 Å². The SMILES string of the molecule is Fc1ccccc1N(c1ncnc2ncnn12)N1CCN(Cc2ccccn2)CC1. The molecule has 4 aromatic rings. The van der Waals surface area contributed by atoms with Crippen molar-refractivity contribution in [3.05, 3.63) is 72.8 Å². The van der Waals surface area contributed by atoms with E-state index < -0.39 is 0 Å². The number of fused-ring (bicyclic) bond motifs is 1. The third kappa shape index (κ3) is 3.58. The fourth-order valence-corrected chi connectivity index (χ4v) is 3.62. The number of hydrogen-bond acceptors (Lipinski definition) is 8. The van der Waals surface area contributed by atoms with E-state index in [1.807, 2.05) is 30.5 Å². The number of para-hydroxylation sites is 1. The summed E-state index contributed by atoms with van der Waals surface area (Å²) in [6, 6.07) is 12.6. The van der Waals surface area contributed by atoms with E-state index in [9.17, 15) is 4.39 Å². The van der Waals surface area contributed by atoms with Gasteiger partial charge in [0.15, 0.2) is 0 Å². The van der Waals surface area contributed by atoms with Crippen LogP contribution in [0.2, 0.25) is 0 Å². The van der Waals surface area contributed by atoms with Crippen LogP contribution in [0.4, 0.5) is 16.0 Å². The Kier molecular flexibility index (Phi) is 4.99. The molecule has 5 rings (SSSR count). The predicted octanol–water partition coefficient (Wildman–Crippen LogP) is 1.92. The van der Waals surface area contributed by atoms with Gasteiger partial charge in [0.25, 0.3) is 11.7 Å². The number of nitrogens with zero attached hydrogens (tertiary/aromatic N) is 9. The lowest BCUT2D eigenvalue weighted by Gasteiger charge is -2.41. The zero-order chi connectivity index (χ0) is 20.3. The summed E-state index contributed by atoms with van der Waals surface area (Å²) in [5.74, 6) is 0.524. The summed E-state index contributed by atoms with van der Waals surface area (Å²) in [6.07, 6.45) is 4.65. The van der Waals surface area contributed by atoms with Gasteiger partial charge in [-0.05, 0) is 24.3 Å². The number of halogens is 1. The summed E-state index contributed by atoms with van der Waals surface area (Å²) in [5, 5.41) is 8.09. The maximum atomic E-state index is 14.8. The van der Waals surface area contributed by atoms with Crippen molar-refractivity contribution in [2.75, 3.05) is 31.2 Å². The second kappa shape index (κ2) is 8.09. The minimum atomic E-state index is -0.333. The monoisotopic (exact) mass is 405 g/mol. The Balaban J connectivity index is 1.44. The van der Waals surface area contributed by atoms with Gasteiger partial charge in [-0.25, -0.2) is 14.4 Å². The zero-order valence-electron chi connectivity index (χ0n) is 16.2. The number of benzene rings is 1. The van der Waals surface area contributed by atoms with Gasteiger partial charge in [0, 0.05) is 38.9 Å². The number of hydrogen-bond donors (Lipinski definition) is 0. The Bertz CT molecular complexity index is 1130. The number of piperazine rings is 1. The molecule has 0 aliphatic carbocycles. The molecule has 1 aliphatic rings. The number of pyridine rings is 1. The third-order valence-corrected chi connectivity index (χ3v) is 5.08. The molecule has 152 valence electrons. The van der Waals surface area contributed by atoms with Gasteiger partial charge in [-0.3, -0.25) is 9.88 Å². The van der Waals surface area contributed by atoms with Crippen molar-refractivity contribution in [2.24, 2.45) is 0 Å². The fraction of sp³-hybridized carbons (Fsp3) is 0.250. The van der Waals surface area contributed by atoms with E-state index in [0.29, 0.717) is 30.5 Å². The van der Waals surface area contributed by atoms with Gasteiger partial charge in [0.1, 0.15) is 18.5 Å². The van der Waals surface area contributed by atoms with E-state index in [-0.39, 0.29) is 5.82 Å². The second-order valence-electron chi connectivity index (χ2n) is 6.96. The summed E-state index contributed by atoms with van der Waals surface area (Å²) in [7, 11) is 0. The van der Waals surface area contributed by atoms with Gasteiger partial charge in [0.2, 0.25) is 0 Å². The van der Waals surface area contributed by atoms with Gasteiger partial charge in [0.05, 0.1) is 11.4 Å². The lowest BCUT2D eigenvalue weighted by Crippen LogP contribution is -2.53. The molecule has 30 heavy (non-hydrogen) atoms. The van der Waals surface area contributed by atoms with Crippen molar-refractivity contribution in [2.45, 2.75) is 6.54 Å². The summed E-state index contributed by atoms with van der Waals surface area (Å²) >= 11 is 0. The van der Waals surface area contributed by atoms with Crippen LogP contribution in [-0.2, 0) is 6.54 Å². The molecule has 3 aromatic heterocycles. The average Bonchev–Trinajstić information content (AvgIpc) is 3.27. The lowest BCUT2D eigenvalue weighted by molar-refractivity contribution is 0.124. The van der Waals surface area contributed by atoms with Crippen LogP contribution in [-0.4, -0.2) is 65.6 Å². The molecule has 4 heterocycles. The summed E-state index contributed by atoms with van der Waals surface area (Å²) in [5.41, 5.74) is 1.45. The highest BCUT2D eigenvalue weighted by molar-refractivity contribution is 5.58. The summed E-state index contributed by atoms with van der Waals surface area (Å²) in [4.78, 5) is 19.4. The molecule has 0 N–H and O–H groups in total. The number of rotatable bonds is 5. The first-order valence-corrected chi connectivity index (χ1v) is 9.72. The molecule has 0 spiro atoms. The standard InChI is InChI=1S/C20H20FN9/c21-17-6-1-2-7-18(17)30(20-25-14-23-19-24-15-26-29(19)20)28-11-9-27(10-12-28)13-16-5-3-4-8-22-16/h1-8,14-15H,9-13H2. The Labute approximate surface area is 172 Å². The quantitative estimate of drug-likeness (QED) is 0.498. The Morgan fingerprint density at radius 1 is 0.867 bits per heavy atom. The lowest BCUT2D eigenvalue weighted by atomic mass is 10.2. The van der Waals surface area contributed by atoms with Crippen LogP contribution in [0.3, 0.4) is 0 Å². The molecule has 9 nitrogen and oxygen atoms in total. The highest BCUT2D eigenvalue weighted by Gasteiger charge is 2.28. The third-order valence-electron chi connectivity index (χ3n) is 5.08. The van der Waals surface area contributed by atoms with Crippen molar-refractivity contribution in [3.63, 3.8) is 0 Å². The van der Waals surface area contributed by atoms with Crippen molar-refractivity contribution in [1.29, 1.82) is 0 Å². The summed E-state index contributed by atoms with van der Waals surface area (Å²) < 4.78 is 16.3. The molecule has 0 radical (unpaired) electrons. The van der Waals surface area contributed by atoms with E-state index in [0.717, 1.165) is 25.3 Å². The molecular formula is C20H20FN9. The van der Waals surface area contributed by atoms with Crippen molar-refractivity contribution in [1.82, 2.24) is 39.5 Å². The Morgan fingerprint density at radius 2 is 1.67 bits per heavy atom. The first-order chi connectivity index (χ1) is 14.8. The van der Waals surface area contributed by atoms with Gasteiger partial charge >= 0.3 is 0 Å². The molecular weight excluding hydrogens is 385 g/mol. The van der Waals surface area contributed by atoms with E-state index >= 15 is 0 Å². The van der Waals surface area contributed by atoms with Gasteiger partial charge < -0.3 is 0 Å². The Hall–Kier alpha value is -3.50. The maximum Gasteiger partial charge on any atom is 0.256 e. The molecule has 0 amide bonds. The van der Waals surface area contributed by atoms with Crippen LogP contribution in [0.25, 0.3) is 5.78 Å². The number of aromatic nitrogens is 6. The highest BCUT2D eigenvalue weighted by atomic mass is 19.1. The minimum absolute atomic E-state index is 0.333. The van der Waals surface area contributed by atoms with E-state index in [1.165, 1.54) is 23.2 Å². The van der Waals surface area contributed by atoms with E-state index in [2.05, 4.69) is 34.9 Å². The smallest absolute Gasteiger partial charge is 0.256 e. The van der Waals surface area contributed by atoms with E-state index in [1.54, 1.807) is 17.1 Å². The topological polar surface area (TPSA) is 78.6 Å². The summed E-state index contributed by atoms with van der Waals surface area (Å²) in [6.45, 7) is 3.80. The van der Waals surface area contributed by atoms with Crippen LogP contribution in [0, 0.1) is 5.82 Å². The average molecular weight is 405 g/mol. The molecule has 1 aliphatic heterocycles.